The van der Waals surface area contributed by atoms with E-state index < -0.39 is 29.5 Å². The molecule has 0 bridgehead atoms. The fraction of sp³-hybridized carbons (Fsp3) is 0.250. The van der Waals surface area contributed by atoms with Crippen LogP contribution in [0.2, 0.25) is 5.02 Å². The quantitative estimate of drug-likeness (QED) is 0.510. The number of aromatic nitrogens is 1. The Morgan fingerprint density at radius 2 is 2.00 bits per heavy atom. The summed E-state index contributed by atoms with van der Waals surface area (Å²) >= 11 is 6.67. The van der Waals surface area contributed by atoms with Crippen LogP contribution in [0.25, 0.3) is 11.8 Å². The highest BCUT2D eigenvalue weighted by Crippen LogP contribution is 2.34. The Balaban J connectivity index is 1.91. The van der Waals surface area contributed by atoms with Crippen LogP contribution in [-0.4, -0.2) is 39.7 Å². The maximum Gasteiger partial charge on any atom is 0.326 e. The molecule has 0 N–H and O–H groups in total. The second kappa shape index (κ2) is 8.42. The molecule has 2 amide bonds. The Morgan fingerprint density at radius 1 is 1.28 bits per heavy atom. The van der Waals surface area contributed by atoms with Crippen molar-refractivity contribution in [2.75, 3.05) is 13.2 Å². The first-order valence-corrected chi connectivity index (χ1v) is 9.97. The van der Waals surface area contributed by atoms with Gasteiger partial charge in [-0.1, -0.05) is 11.6 Å². The Morgan fingerprint density at radius 3 is 2.66 bits per heavy atom. The standard InChI is InChI=1S/C20H18ClFN2O4S/c1-4-28-18(25)10-23-19(26)17(29-20(23)27)8-13-7-11(2)24(12(13)3)14-5-6-16(22)15(21)9-14/h5-9H,4,10H2,1-3H3/b17-8+. The Labute approximate surface area is 176 Å². The van der Waals surface area contributed by atoms with Gasteiger partial charge in [-0.3, -0.25) is 19.3 Å². The molecule has 0 radical (unpaired) electrons. The second-order valence-corrected chi connectivity index (χ2v) is 7.73. The van der Waals surface area contributed by atoms with E-state index in [1.807, 2.05) is 24.5 Å². The van der Waals surface area contributed by atoms with Crippen molar-refractivity contribution in [1.82, 2.24) is 9.47 Å². The summed E-state index contributed by atoms with van der Waals surface area (Å²) in [6.45, 7) is 5.12. The van der Waals surface area contributed by atoms with Crippen molar-refractivity contribution in [1.29, 1.82) is 0 Å². The molecule has 2 aromatic rings. The highest BCUT2D eigenvalue weighted by Gasteiger charge is 2.36. The molecule has 152 valence electrons. The molecule has 29 heavy (non-hydrogen) atoms. The fourth-order valence-corrected chi connectivity index (χ4v) is 4.07. The second-order valence-electron chi connectivity index (χ2n) is 6.33. The first-order valence-electron chi connectivity index (χ1n) is 8.78. The normalized spacial score (nSPS) is 15.5. The molecule has 1 aromatic carbocycles. The van der Waals surface area contributed by atoms with Gasteiger partial charge in [-0.25, -0.2) is 4.39 Å². The highest BCUT2D eigenvalue weighted by atomic mass is 35.5. The van der Waals surface area contributed by atoms with Crippen LogP contribution in [0.3, 0.4) is 0 Å². The van der Waals surface area contributed by atoms with E-state index in [1.165, 1.54) is 12.1 Å². The van der Waals surface area contributed by atoms with Crippen molar-refractivity contribution >= 4 is 46.6 Å². The summed E-state index contributed by atoms with van der Waals surface area (Å²) < 4.78 is 20.2. The molecular formula is C20H18ClFN2O4S. The summed E-state index contributed by atoms with van der Waals surface area (Å²) in [5, 5.41) is -0.509. The van der Waals surface area contributed by atoms with Gasteiger partial charge in [0.2, 0.25) is 0 Å². The van der Waals surface area contributed by atoms with Crippen molar-refractivity contribution in [3.05, 3.63) is 57.0 Å². The molecule has 1 saturated heterocycles. The Kier molecular flexibility index (Phi) is 6.14. The number of carbonyl (C=O) groups excluding carboxylic acids is 3. The van der Waals surface area contributed by atoms with Crippen LogP contribution in [0.15, 0.2) is 29.2 Å². The summed E-state index contributed by atoms with van der Waals surface area (Å²) in [6, 6.07) is 6.27. The first-order chi connectivity index (χ1) is 13.7. The highest BCUT2D eigenvalue weighted by molar-refractivity contribution is 8.18. The number of hydrogen-bond acceptors (Lipinski definition) is 5. The lowest BCUT2D eigenvalue weighted by atomic mass is 10.2. The van der Waals surface area contributed by atoms with Crippen LogP contribution in [-0.2, 0) is 14.3 Å². The minimum atomic E-state index is -0.637. The van der Waals surface area contributed by atoms with E-state index in [2.05, 4.69) is 0 Å². The summed E-state index contributed by atoms with van der Waals surface area (Å²) in [4.78, 5) is 37.4. The molecule has 1 fully saturated rings. The molecule has 1 aromatic heterocycles. The third-order valence-electron chi connectivity index (χ3n) is 4.38. The topological polar surface area (TPSA) is 68.6 Å². The summed E-state index contributed by atoms with van der Waals surface area (Å²) in [5.41, 5.74) is 3.05. The molecule has 0 spiro atoms. The minimum Gasteiger partial charge on any atom is -0.465 e. The molecule has 0 saturated carbocycles. The van der Waals surface area contributed by atoms with Gasteiger partial charge in [0.1, 0.15) is 12.4 Å². The zero-order valence-electron chi connectivity index (χ0n) is 16.0. The van der Waals surface area contributed by atoms with E-state index in [0.29, 0.717) is 5.69 Å². The van der Waals surface area contributed by atoms with E-state index in [9.17, 15) is 18.8 Å². The number of nitrogens with zero attached hydrogens (tertiary/aromatic N) is 2. The van der Waals surface area contributed by atoms with E-state index >= 15 is 0 Å². The summed E-state index contributed by atoms with van der Waals surface area (Å²) in [6.07, 6.45) is 1.61. The van der Waals surface area contributed by atoms with Gasteiger partial charge in [0.05, 0.1) is 16.5 Å². The average Bonchev–Trinajstić information content (AvgIpc) is 3.08. The minimum absolute atomic E-state index is 0.0108. The number of hydrogen-bond donors (Lipinski definition) is 0. The van der Waals surface area contributed by atoms with E-state index in [1.54, 1.807) is 19.1 Å². The number of halogens is 2. The number of ether oxygens (including phenoxy) is 1. The third kappa shape index (κ3) is 4.23. The SMILES string of the molecule is CCOC(=O)CN1C(=O)S/C(=C/c2cc(C)n(-c3ccc(F)c(Cl)c3)c2C)C1=O. The lowest BCUT2D eigenvalue weighted by Gasteiger charge is -2.11. The molecule has 0 atom stereocenters. The van der Waals surface area contributed by atoms with Gasteiger partial charge in [-0.05, 0) is 68.4 Å². The number of esters is 1. The number of thioether (sulfide) groups is 1. The van der Waals surface area contributed by atoms with Gasteiger partial charge >= 0.3 is 5.97 Å². The van der Waals surface area contributed by atoms with Crippen molar-refractivity contribution in [3.8, 4) is 5.69 Å². The predicted molar refractivity (Wildman–Crippen MR) is 110 cm³/mol. The first kappa shape index (κ1) is 21.1. The van der Waals surface area contributed by atoms with Crippen LogP contribution in [0, 0.1) is 19.7 Å². The largest absolute Gasteiger partial charge is 0.465 e. The van der Waals surface area contributed by atoms with Gasteiger partial charge in [0, 0.05) is 17.1 Å². The van der Waals surface area contributed by atoms with Crippen LogP contribution in [0.5, 0.6) is 0 Å². The van der Waals surface area contributed by atoms with Crippen LogP contribution in [0.4, 0.5) is 9.18 Å². The number of rotatable bonds is 5. The lowest BCUT2D eigenvalue weighted by molar-refractivity contribution is -0.145. The zero-order valence-corrected chi connectivity index (χ0v) is 17.6. The van der Waals surface area contributed by atoms with E-state index in [4.69, 9.17) is 16.3 Å². The summed E-state index contributed by atoms with van der Waals surface area (Å²) in [7, 11) is 0. The molecule has 3 rings (SSSR count). The van der Waals surface area contributed by atoms with Gasteiger partial charge in [-0.2, -0.15) is 0 Å². The van der Waals surface area contributed by atoms with Crippen molar-refractivity contribution in [3.63, 3.8) is 0 Å². The molecule has 0 aliphatic carbocycles. The van der Waals surface area contributed by atoms with E-state index in [0.717, 1.165) is 33.6 Å². The van der Waals surface area contributed by atoms with Crippen LogP contribution < -0.4 is 0 Å². The molecule has 2 heterocycles. The van der Waals surface area contributed by atoms with Gasteiger partial charge in [-0.15, -0.1) is 0 Å². The molecule has 6 nitrogen and oxygen atoms in total. The van der Waals surface area contributed by atoms with Gasteiger partial charge in [0.15, 0.2) is 0 Å². The maximum absolute atomic E-state index is 13.5. The predicted octanol–water partition coefficient (Wildman–Crippen LogP) is 4.49. The molecular weight excluding hydrogens is 419 g/mol. The number of imide groups is 1. The van der Waals surface area contributed by atoms with Crippen molar-refractivity contribution < 1.29 is 23.5 Å². The molecule has 1 aliphatic rings. The van der Waals surface area contributed by atoms with Gasteiger partial charge in [0.25, 0.3) is 11.1 Å². The lowest BCUT2D eigenvalue weighted by Crippen LogP contribution is -2.34. The Bertz CT molecular complexity index is 1050. The number of amides is 2. The number of benzene rings is 1. The van der Waals surface area contributed by atoms with Gasteiger partial charge < -0.3 is 9.30 Å². The molecule has 1 aliphatic heterocycles. The fourth-order valence-electron chi connectivity index (χ4n) is 3.07. The molecule has 9 heteroatoms. The zero-order chi connectivity index (χ0) is 21.3. The smallest absolute Gasteiger partial charge is 0.326 e. The number of aryl methyl sites for hydroxylation is 1. The van der Waals surface area contributed by atoms with E-state index in [-0.39, 0.29) is 16.5 Å². The monoisotopic (exact) mass is 436 g/mol. The summed E-state index contributed by atoms with van der Waals surface area (Å²) in [5.74, 6) is -1.68. The average molecular weight is 437 g/mol. The van der Waals surface area contributed by atoms with Crippen molar-refractivity contribution in [2.24, 2.45) is 0 Å². The van der Waals surface area contributed by atoms with Crippen LogP contribution in [0.1, 0.15) is 23.9 Å². The Hall–Kier alpha value is -2.58. The maximum atomic E-state index is 13.5. The molecule has 0 unspecified atom stereocenters. The third-order valence-corrected chi connectivity index (χ3v) is 5.58. The van der Waals surface area contributed by atoms with Crippen molar-refractivity contribution in [2.45, 2.75) is 20.8 Å². The number of carbonyl (C=O) groups is 3. The van der Waals surface area contributed by atoms with Crippen LogP contribution >= 0.6 is 23.4 Å².